The average molecular weight is 227 g/mol. The Kier molecular flexibility index (Phi) is 3.17. The maximum Gasteiger partial charge on any atom is 0.160 e. The van der Waals surface area contributed by atoms with Crippen LogP contribution in [0.15, 0.2) is 30.5 Å². The second kappa shape index (κ2) is 4.60. The lowest BCUT2D eigenvalue weighted by molar-refractivity contribution is 0.137. The van der Waals surface area contributed by atoms with E-state index >= 15 is 0 Å². The normalized spacial score (nSPS) is 15.2. The Morgan fingerprint density at radius 2 is 1.88 bits per heavy atom. The molecule has 0 unspecified atom stereocenters. The molecule has 4 heteroatoms. The zero-order valence-corrected chi connectivity index (χ0v) is 8.59. The van der Waals surface area contributed by atoms with Crippen molar-refractivity contribution >= 4 is 10.9 Å². The number of H-pyrrole nitrogens is 1. The first-order valence-electron chi connectivity index (χ1n) is 5.11. The topological polar surface area (TPSA) is 15.8 Å². The number of aromatic nitrogens is 1. The first-order valence-corrected chi connectivity index (χ1v) is 5.11. The molecule has 0 amide bonds. The van der Waals surface area contributed by atoms with Crippen LogP contribution in [0.25, 0.3) is 10.9 Å². The molecule has 0 aliphatic rings. The number of hydrogen-bond donors (Lipinski definition) is 1. The van der Waals surface area contributed by atoms with E-state index in [2.05, 4.69) is 4.98 Å². The van der Waals surface area contributed by atoms with E-state index in [0.29, 0.717) is 5.56 Å². The molecule has 0 fully saturated rings. The molecule has 86 valence electrons. The lowest BCUT2D eigenvalue weighted by Gasteiger charge is -2.09. The van der Waals surface area contributed by atoms with E-state index in [4.69, 9.17) is 0 Å². The van der Waals surface area contributed by atoms with Crippen molar-refractivity contribution in [1.29, 1.82) is 0 Å². The summed E-state index contributed by atoms with van der Waals surface area (Å²) in [5.41, 5.74) is 1.56. The Balaban J connectivity index is 2.21. The predicted molar refractivity (Wildman–Crippen MR) is 57.8 cm³/mol. The standard InChI is InChI=1S/C12H12F3N/c13-6-11(15)10(14)5-8-7-16-12-4-2-1-3-9(8)12/h1-4,7,10-11,16H,5-6H2/t10-,11+/m1/s1. The number of hydrogen-bond acceptors (Lipinski definition) is 0. The molecule has 0 saturated heterocycles. The Bertz CT molecular complexity index is 466. The molecular formula is C12H12F3N. The number of benzene rings is 1. The van der Waals surface area contributed by atoms with E-state index in [1.807, 2.05) is 24.3 Å². The number of aromatic amines is 1. The third-order valence-corrected chi connectivity index (χ3v) is 2.63. The van der Waals surface area contributed by atoms with E-state index in [0.717, 1.165) is 10.9 Å². The zero-order valence-electron chi connectivity index (χ0n) is 8.59. The second-order valence-corrected chi connectivity index (χ2v) is 3.75. The van der Waals surface area contributed by atoms with Gasteiger partial charge in [-0.15, -0.1) is 0 Å². The van der Waals surface area contributed by atoms with E-state index in [1.165, 1.54) is 0 Å². The van der Waals surface area contributed by atoms with Crippen molar-refractivity contribution in [3.8, 4) is 0 Å². The minimum atomic E-state index is -2.03. The number of halogens is 3. The number of fused-ring (bicyclic) bond motifs is 1. The first kappa shape index (κ1) is 11.0. The summed E-state index contributed by atoms with van der Waals surface area (Å²) in [5, 5.41) is 0.858. The molecule has 0 aliphatic carbocycles. The molecule has 1 aromatic heterocycles. The van der Waals surface area contributed by atoms with Crippen molar-refractivity contribution in [3.05, 3.63) is 36.0 Å². The fourth-order valence-corrected chi connectivity index (χ4v) is 1.74. The molecule has 0 spiro atoms. The predicted octanol–water partition coefficient (Wildman–Crippen LogP) is 3.36. The van der Waals surface area contributed by atoms with Crippen LogP contribution in [0.5, 0.6) is 0 Å². The molecular weight excluding hydrogens is 215 g/mol. The van der Waals surface area contributed by atoms with Gasteiger partial charge < -0.3 is 4.98 Å². The fourth-order valence-electron chi connectivity index (χ4n) is 1.74. The zero-order chi connectivity index (χ0) is 11.5. The molecule has 1 nitrogen and oxygen atoms in total. The van der Waals surface area contributed by atoms with E-state index < -0.39 is 19.0 Å². The smallest absolute Gasteiger partial charge is 0.160 e. The minimum absolute atomic E-state index is 0.102. The fraction of sp³-hybridized carbons (Fsp3) is 0.333. The van der Waals surface area contributed by atoms with Crippen LogP contribution in [0.1, 0.15) is 5.56 Å². The van der Waals surface area contributed by atoms with Crippen molar-refractivity contribution < 1.29 is 13.2 Å². The summed E-state index contributed by atoms with van der Waals surface area (Å²) in [7, 11) is 0. The third-order valence-electron chi connectivity index (χ3n) is 2.63. The van der Waals surface area contributed by atoms with Gasteiger partial charge in [-0.05, 0) is 11.6 Å². The first-order chi connectivity index (χ1) is 7.72. The highest BCUT2D eigenvalue weighted by Gasteiger charge is 2.21. The van der Waals surface area contributed by atoms with Gasteiger partial charge in [0.05, 0.1) is 0 Å². The molecule has 0 radical (unpaired) electrons. The Hall–Kier alpha value is -1.45. The summed E-state index contributed by atoms with van der Waals surface area (Å²) in [5.74, 6) is 0. The third kappa shape index (κ3) is 2.05. The van der Waals surface area contributed by atoms with Gasteiger partial charge in [0.2, 0.25) is 0 Å². The lowest BCUT2D eigenvalue weighted by atomic mass is 10.1. The molecule has 1 N–H and O–H groups in total. The second-order valence-electron chi connectivity index (χ2n) is 3.75. The van der Waals surface area contributed by atoms with Crippen molar-refractivity contribution in [2.75, 3.05) is 6.67 Å². The van der Waals surface area contributed by atoms with Crippen molar-refractivity contribution in [2.45, 2.75) is 18.8 Å². The van der Waals surface area contributed by atoms with Gasteiger partial charge in [-0.3, -0.25) is 0 Å². The van der Waals surface area contributed by atoms with Crippen LogP contribution in [0.2, 0.25) is 0 Å². The van der Waals surface area contributed by atoms with Gasteiger partial charge in [-0.1, -0.05) is 18.2 Å². The average Bonchev–Trinajstić information content (AvgIpc) is 2.72. The summed E-state index contributed by atoms with van der Waals surface area (Å²) in [6.45, 7) is -1.27. The van der Waals surface area contributed by atoms with E-state index in [9.17, 15) is 13.2 Å². The van der Waals surface area contributed by atoms with Crippen molar-refractivity contribution in [3.63, 3.8) is 0 Å². The van der Waals surface area contributed by atoms with Gasteiger partial charge in [-0.2, -0.15) is 0 Å². The molecule has 2 rings (SSSR count). The van der Waals surface area contributed by atoms with Gasteiger partial charge in [-0.25, -0.2) is 13.2 Å². The number of alkyl halides is 3. The highest BCUT2D eigenvalue weighted by Crippen LogP contribution is 2.21. The molecule has 0 bridgehead atoms. The van der Waals surface area contributed by atoms with Gasteiger partial charge in [0.1, 0.15) is 12.8 Å². The van der Waals surface area contributed by atoms with Crippen LogP contribution < -0.4 is 0 Å². The molecule has 16 heavy (non-hydrogen) atoms. The SMILES string of the molecule is FC[C@H](F)[C@H](F)Cc1c[nH]c2ccccc12. The molecule has 0 aliphatic heterocycles. The van der Waals surface area contributed by atoms with Crippen LogP contribution in [-0.2, 0) is 6.42 Å². The van der Waals surface area contributed by atoms with Crippen molar-refractivity contribution in [1.82, 2.24) is 4.98 Å². The van der Waals surface area contributed by atoms with E-state index in [1.54, 1.807) is 6.20 Å². The maximum absolute atomic E-state index is 13.3. The summed E-state index contributed by atoms with van der Waals surface area (Å²) in [6, 6.07) is 7.37. The van der Waals surface area contributed by atoms with Crippen LogP contribution in [0.4, 0.5) is 13.2 Å². The number of para-hydroxylation sites is 1. The summed E-state index contributed by atoms with van der Waals surface area (Å²) >= 11 is 0. The van der Waals surface area contributed by atoms with Gasteiger partial charge in [0, 0.05) is 23.5 Å². The summed E-state index contributed by atoms with van der Waals surface area (Å²) in [6.07, 6.45) is -2.28. The molecule has 2 aromatic rings. The van der Waals surface area contributed by atoms with Crippen LogP contribution >= 0.6 is 0 Å². The van der Waals surface area contributed by atoms with E-state index in [-0.39, 0.29) is 6.42 Å². The minimum Gasteiger partial charge on any atom is -0.361 e. The highest BCUT2D eigenvalue weighted by atomic mass is 19.2. The largest absolute Gasteiger partial charge is 0.361 e. The molecule has 1 heterocycles. The van der Waals surface area contributed by atoms with Gasteiger partial charge in [0.25, 0.3) is 0 Å². The lowest BCUT2D eigenvalue weighted by Crippen LogP contribution is -2.21. The summed E-state index contributed by atoms with van der Waals surface area (Å²) < 4.78 is 38.0. The van der Waals surface area contributed by atoms with Gasteiger partial charge >= 0.3 is 0 Å². The number of rotatable bonds is 4. The van der Waals surface area contributed by atoms with Crippen molar-refractivity contribution in [2.24, 2.45) is 0 Å². The van der Waals surface area contributed by atoms with Crippen LogP contribution in [0, 0.1) is 0 Å². The Labute approximate surface area is 91.3 Å². The highest BCUT2D eigenvalue weighted by molar-refractivity contribution is 5.83. The molecule has 1 aromatic carbocycles. The number of nitrogens with one attached hydrogen (secondary N) is 1. The molecule has 0 saturated carbocycles. The summed E-state index contributed by atoms with van der Waals surface area (Å²) in [4.78, 5) is 2.97. The maximum atomic E-state index is 13.3. The molecule has 2 atom stereocenters. The monoisotopic (exact) mass is 227 g/mol. The quantitative estimate of drug-likeness (QED) is 0.824. The Morgan fingerprint density at radius 1 is 1.12 bits per heavy atom. The van der Waals surface area contributed by atoms with Crippen LogP contribution in [0.3, 0.4) is 0 Å². The van der Waals surface area contributed by atoms with Gasteiger partial charge in [0.15, 0.2) is 6.17 Å². The van der Waals surface area contributed by atoms with Crippen LogP contribution in [-0.4, -0.2) is 24.0 Å². The Morgan fingerprint density at radius 3 is 2.62 bits per heavy atom.